The van der Waals surface area contributed by atoms with Gasteiger partial charge in [0.15, 0.2) is 0 Å². The molecule has 1 fully saturated rings. The zero-order chi connectivity index (χ0) is 17.9. The molecular weight excluding hydrogens is 344 g/mol. The molecule has 134 valence electrons. The first-order valence-electron chi connectivity index (χ1n) is 7.87. The lowest BCUT2D eigenvalue weighted by Gasteiger charge is -2.22. The third-order valence-corrected chi connectivity index (χ3v) is 4.69. The Hall–Kier alpha value is -2.30. The van der Waals surface area contributed by atoms with Crippen LogP contribution in [0.4, 0.5) is 17.6 Å². The number of hydrogen-bond acceptors (Lipinski definition) is 8. The Labute approximate surface area is 146 Å². The van der Waals surface area contributed by atoms with Gasteiger partial charge in [-0.25, -0.2) is 23.5 Å². The zero-order valence-electron chi connectivity index (χ0n) is 13.5. The van der Waals surface area contributed by atoms with Crippen LogP contribution in [-0.2, 0) is 15.8 Å². The van der Waals surface area contributed by atoms with Crippen molar-refractivity contribution in [2.24, 2.45) is 5.14 Å². The normalized spacial score (nSPS) is 17.7. The highest BCUT2D eigenvalue weighted by Crippen LogP contribution is 2.23. The Morgan fingerprint density at radius 3 is 2.96 bits per heavy atom. The van der Waals surface area contributed by atoms with E-state index in [9.17, 15) is 13.5 Å². The van der Waals surface area contributed by atoms with Crippen LogP contribution in [0.15, 0.2) is 30.6 Å². The van der Waals surface area contributed by atoms with Gasteiger partial charge in [0.2, 0.25) is 21.9 Å². The SMILES string of the molecule is NS(=O)(=O)Cc1cccc(Nc2ncnc(N3CCC[C@@H]3CO)n2)c1. The number of sulfonamides is 1. The summed E-state index contributed by atoms with van der Waals surface area (Å²) in [6.45, 7) is 0.850. The van der Waals surface area contributed by atoms with Gasteiger partial charge in [-0.2, -0.15) is 4.98 Å². The van der Waals surface area contributed by atoms with Crippen molar-refractivity contribution in [1.29, 1.82) is 0 Å². The molecule has 0 radical (unpaired) electrons. The highest BCUT2D eigenvalue weighted by atomic mass is 32.2. The number of rotatable bonds is 6. The summed E-state index contributed by atoms with van der Waals surface area (Å²) in [6.07, 6.45) is 3.29. The summed E-state index contributed by atoms with van der Waals surface area (Å²) in [5, 5.41) is 17.6. The summed E-state index contributed by atoms with van der Waals surface area (Å²) in [7, 11) is -3.59. The molecule has 1 saturated heterocycles. The van der Waals surface area contributed by atoms with Gasteiger partial charge in [0, 0.05) is 12.2 Å². The standard InChI is InChI=1S/C15H20N6O3S/c16-25(23,24)9-11-3-1-4-12(7-11)19-14-17-10-18-15(20-14)21-6-2-5-13(21)8-22/h1,3-4,7,10,13,22H,2,5-6,8-9H2,(H2,16,23,24)(H,17,18,19,20)/t13-/m1/s1. The molecule has 1 aliphatic rings. The molecule has 1 atom stereocenters. The lowest BCUT2D eigenvalue weighted by molar-refractivity contribution is 0.265. The van der Waals surface area contributed by atoms with Crippen molar-refractivity contribution in [2.45, 2.75) is 24.6 Å². The molecule has 1 aromatic heterocycles. The van der Waals surface area contributed by atoms with Gasteiger partial charge in [-0.15, -0.1) is 0 Å². The van der Waals surface area contributed by atoms with Gasteiger partial charge in [0.05, 0.1) is 18.4 Å². The minimum Gasteiger partial charge on any atom is -0.394 e. The summed E-state index contributed by atoms with van der Waals surface area (Å²) in [5.74, 6) is 0.618. The second kappa shape index (κ2) is 7.30. The number of nitrogens with one attached hydrogen (secondary N) is 1. The largest absolute Gasteiger partial charge is 0.394 e. The molecule has 4 N–H and O–H groups in total. The van der Waals surface area contributed by atoms with Crippen molar-refractivity contribution in [2.75, 3.05) is 23.4 Å². The van der Waals surface area contributed by atoms with Crippen LogP contribution in [0.1, 0.15) is 18.4 Å². The Morgan fingerprint density at radius 2 is 2.20 bits per heavy atom. The average Bonchev–Trinajstić information content (AvgIpc) is 3.02. The Morgan fingerprint density at radius 1 is 1.36 bits per heavy atom. The van der Waals surface area contributed by atoms with E-state index in [1.165, 1.54) is 6.33 Å². The minimum absolute atomic E-state index is 0.0216. The highest BCUT2D eigenvalue weighted by Gasteiger charge is 2.26. The third-order valence-electron chi connectivity index (χ3n) is 3.95. The van der Waals surface area contributed by atoms with E-state index in [-0.39, 0.29) is 18.4 Å². The molecule has 0 unspecified atom stereocenters. The van der Waals surface area contributed by atoms with Gasteiger partial charge < -0.3 is 15.3 Å². The van der Waals surface area contributed by atoms with E-state index < -0.39 is 10.0 Å². The van der Waals surface area contributed by atoms with Crippen molar-refractivity contribution in [1.82, 2.24) is 15.0 Å². The van der Waals surface area contributed by atoms with Crippen LogP contribution in [0.25, 0.3) is 0 Å². The van der Waals surface area contributed by atoms with Crippen LogP contribution in [0, 0.1) is 0 Å². The molecule has 0 spiro atoms. The Bertz CT molecular complexity index is 845. The van der Waals surface area contributed by atoms with Crippen molar-refractivity contribution >= 4 is 27.6 Å². The second-order valence-corrected chi connectivity index (χ2v) is 7.53. The summed E-state index contributed by atoms with van der Waals surface area (Å²) >= 11 is 0. The minimum atomic E-state index is -3.59. The van der Waals surface area contributed by atoms with Crippen molar-refractivity contribution in [3.63, 3.8) is 0 Å². The van der Waals surface area contributed by atoms with E-state index >= 15 is 0 Å². The first-order chi connectivity index (χ1) is 11.9. The number of aliphatic hydroxyl groups is 1. The quantitative estimate of drug-likeness (QED) is 0.669. The topological polar surface area (TPSA) is 134 Å². The summed E-state index contributed by atoms with van der Waals surface area (Å²) in [5.41, 5.74) is 1.22. The number of nitrogens with two attached hydrogens (primary N) is 1. The zero-order valence-corrected chi connectivity index (χ0v) is 14.4. The predicted molar refractivity (Wildman–Crippen MR) is 93.8 cm³/mol. The van der Waals surface area contributed by atoms with Crippen LogP contribution in [0.5, 0.6) is 0 Å². The molecule has 0 amide bonds. The molecule has 25 heavy (non-hydrogen) atoms. The molecule has 1 aromatic carbocycles. The maximum atomic E-state index is 11.2. The number of aliphatic hydroxyl groups excluding tert-OH is 1. The number of hydrogen-bond donors (Lipinski definition) is 3. The molecule has 2 heterocycles. The van der Waals surface area contributed by atoms with Gasteiger partial charge in [-0.1, -0.05) is 12.1 Å². The highest BCUT2D eigenvalue weighted by molar-refractivity contribution is 7.88. The van der Waals surface area contributed by atoms with E-state index in [1.54, 1.807) is 24.3 Å². The second-order valence-electron chi connectivity index (χ2n) is 5.91. The van der Waals surface area contributed by atoms with E-state index in [4.69, 9.17) is 5.14 Å². The van der Waals surface area contributed by atoms with E-state index in [1.807, 2.05) is 4.90 Å². The number of aromatic nitrogens is 3. The van der Waals surface area contributed by atoms with Crippen LogP contribution in [0.3, 0.4) is 0 Å². The van der Waals surface area contributed by atoms with Crippen LogP contribution >= 0.6 is 0 Å². The Balaban J connectivity index is 1.77. The molecule has 0 saturated carbocycles. The van der Waals surface area contributed by atoms with E-state index in [2.05, 4.69) is 20.3 Å². The van der Waals surface area contributed by atoms with Gasteiger partial charge >= 0.3 is 0 Å². The first kappa shape index (κ1) is 17.5. The van der Waals surface area contributed by atoms with Gasteiger partial charge in [-0.3, -0.25) is 0 Å². The fourth-order valence-corrected chi connectivity index (χ4v) is 3.52. The molecule has 1 aliphatic heterocycles. The molecule has 0 aliphatic carbocycles. The maximum Gasteiger partial charge on any atom is 0.231 e. The molecule has 3 rings (SSSR count). The predicted octanol–water partition coefficient (Wildman–Crippen LogP) is 0.365. The fourth-order valence-electron chi connectivity index (χ4n) is 2.88. The van der Waals surface area contributed by atoms with Crippen molar-refractivity contribution in [3.05, 3.63) is 36.2 Å². The average molecular weight is 364 g/mol. The Kier molecular flexibility index (Phi) is 5.11. The number of benzene rings is 1. The van der Waals surface area contributed by atoms with E-state index in [0.29, 0.717) is 23.1 Å². The van der Waals surface area contributed by atoms with E-state index in [0.717, 1.165) is 19.4 Å². The molecule has 10 heteroatoms. The number of primary sulfonamides is 1. The lowest BCUT2D eigenvalue weighted by atomic mass is 10.2. The van der Waals surface area contributed by atoms with Gasteiger partial charge in [0.25, 0.3) is 0 Å². The van der Waals surface area contributed by atoms with Crippen molar-refractivity contribution < 1.29 is 13.5 Å². The number of nitrogens with zero attached hydrogens (tertiary/aromatic N) is 4. The van der Waals surface area contributed by atoms with Gasteiger partial charge in [-0.05, 0) is 30.5 Å². The van der Waals surface area contributed by atoms with Crippen LogP contribution < -0.4 is 15.4 Å². The van der Waals surface area contributed by atoms with Crippen molar-refractivity contribution in [3.8, 4) is 0 Å². The maximum absolute atomic E-state index is 11.2. The first-order valence-corrected chi connectivity index (χ1v) is 9.59. The van der Waals surface area contributed by atoms with Crippen LogP contribution in [-0.4, -0.2) is 47.7 Å². The molecule has 2 aromatic rings. The smallest absolute Gasteiger partial charge is 0.231 e. The lowest BCUT2D eigenvalue weighted by Crippen LogP contribution is -2.33. The number of anilines is 3. The van der Waals surface area contributed by atoms with Crippen LogP contribution in [0.2, 0.25) is 0 Å². The molecule has 9 nitrogen and oxygen atoms in total. The molecule has 0 bridgehead atoms. The fraction of sp³-hybridized carbons (Fsp3) is 0.400. The molecular formula is C15H20N6O3S. The van der Waals surface area contributed by atoms with Gasteiger partial charge in [0.1, 0.15) is 6.33 Å². The summed E-state index contributed by atoms with van der Waals surface area (Å²) < 4.78 is 22.4. The summed E-state index contributed by atoms with van der Waals surface area (Å²) in [6, 6.07) is 6.90. The monoisotopic (exact) mass is 364 g/mol. The summed E-state index contributed by atoms with van der Waals surface area (Å²) in [4.78, 5) is 14.6. The third kappa shape index (κ3) is 4.62.